The summed E-state index contributed by atoms with van der Waals surface area (Å²) >= 11 is 3.50. The molecule has 2 N–H and O–H groups in total. The Morgan fingerprint density at radius 1 is 1.16 bits per heavy atom. The molecule has 0 atom stereocenters. The van der Waals surface area contributed by atoms with Crippen molar-refractivity contribution >= 4 is 27.3 Å². The summed E-state index contributed by atoms with van der Waals surface area (Å²) in [4.78, 5) is 2.36. The van der Waals surface area contributed by atoms with Crippen LogP contribution in [0, 0.1) is 6.92 Å². The number of anilines is 2. The van der Waals surface area contributed by atoms with Crippen molar-refractivity contribution in [2.75, 3.05) is 17.2 Å². The summed E-state index contributed by atoms with van der Waals surface area (Å²) in [5.41, 5.74) is 10.5. The quantitative estimate of drug-likeness (QED) is 0.848. The van der Waals surface area contributed by atoms with Crippen LogP contribution in [0.15, 0.2) is 46.9 Å². The molecule has 0 heterocycles. The van der Waals surface area contributed by atoms with E-state index in [0.717, 1.165) is 23.2 Å². The van der Waals surface area contributed by atoms with Gasteiger partial charge in [-0.2, -0.15) is 0 Å². The molecule has 0 saturated heterocycles. The fourth-order valence-electron chi connectivity index (χ4n) is 2.27. The Morgan fingerprint density at radius 2 is 1.89 bits per heavy atom. The number of hydrogen-bond donors (Lipinski definition) is 1. The molecule has 0 unspecified atom stereocenters. The number of hydrogen-bond acceptors (Lipinski definition) is 2. The maximum atomic E-state index is 5.90. The summed E-state index contributed by atoms with van der Waals surface area (Å²) < 4.78 is 1.03. The maximum Gasteiger partial charge on any atom is 0.0430 e. The van der Waals surface area contributed by atoms with Gasteiger partial charge in [0.2, 0.25) is 0 Å². The van der Waals surface area contributed by atoms with E-state index in [1.807, 2.05) is 12.1 Å². The summed E-state index contributed by atoms with van der Waals surface area (Å²) in [5, 5.41) is 0. The molecule has 2 nitrogen and oxygen atoms in total. The van der Waals surface area contributed by atoms with Gasteiger partial charge in [-0.1, -0.05) is 34.1 Å². The topological polar surface area (TPSA) is 29.3 Å². The van der Waals surface area contributed by atoms with Crippen molar-refractivity contribution in [1.82, 2.24) is 0 Å². The average Bonchev–Trinajstić information content (AvgIpc) is 2.36. The van der Waals surface area contributed by atoms with Gasteiger partial charge in [0.25, 0.3) is 0 Å². The molecule has 0 aromatic heterocycles. The van der Waals surface area contributed by atoms with E-state index in [1.54, 1.807) is 0 Å². The van der Waals surface area contributed by atoms with Crippen molar-refractivity contribution in [3.05, 3.63) is 58.1 Å². The largest absolute Gasteiger partial charge is 0.399 e. The van der Waals surface area contributed by atoms with Crippen LogP contribution in [0.3, 0.4) is 0 Å². The molecular weight excluding hydrogens is 300 g/mol. The van der Waals surface area contributed by atoms with Gasteiger partial charge in [0.05, 0.1) is 0 Å². The first-order valence-electron chi connectivity index (χ1n) is 6.45. The zero-order valence-corrected chi connectivity index (χ0v) is 12.9. The normalized spacial score (nSPS) is 10.5. The van der Waals surface area contributed by atoms with Crippen LogP contribution in [-0.4, -0.2) is 6.54 Å². The van der Waals surface area contributed by atoms with E-state index in [9.17, 15) is 0 Å². The van der Waals surface area contributed by atoms with Crippen molar-refractivity contribution in [2.45, 2.75) is 20.4 Å². The second kappa shape index (κ2) is 6.11. The third-order valence-electron chi connectivity index (χ3n) is 3.19. The van der Waals surface area contributed by atoms with Gasteiger partial charge in [-0.3, -0.25) is 0 Å². The smallest absolute Gasteiger partial charge is 0.0430 e. The predicted octanol–water partition coefficient (Wildman–Crippen LogP) is 4.37. The first-order chi connectivity index (χ1) is 9.10. The number of nitrogens with two attached hydrogens (primary N) is 1. The minimum absolute atomic E-state index is 0.796. The van der Waals surface area contributed by atoms with Crippen molar-refractivity contribution in [1.29, 1.82) is 0 Å². The number of nitrogen functional groups attached to an aromatic ring is 1. The lowest BCUT2D eigenvalue weighted by Crippen LogP contribution is -2.22. The van der Waals surface area contributed by atoms with Crippen LogP contribution in [0.25, 0.3) is 0 Å². The first kappa shape index (κ1) is 13.9. The molecule has 3 heteroatoms. The molecule has 2 rings (SSSR count). The molecule has 0 bridgehead atoms. The molecule has 0 spiro atoms. The fourth-order valence-corrected chi connectivity index (χ4v) is 2.83. The van der Waals surface area contributed by atoms with E-state index < -0.39 is 0 Å². The summed E-state index contributed by atoms with van der Waals surface area (Å²) in [7, 11) is 0. The lowest BCUT2D eigenvalue weighted by atomic mass is 10.1. The second-order valence-electron chi connectivity index (χ2n) is 4.69. The number of para-hydroxylation sites is 1. The van der Waals surface area contributed by atoms with E-state index in [2.05, 4.69) is 65.0 Å². The number of nitrogens with zero attached hydrogens (tertiary/aromatic N) is 1. The van der Waals surface area contributed by atoms with Gasteiger partial charge >= 0.3 is 0 Å². The lowest BCUT2D eigenvalue weighted by Gasteiger charge is -2.25. The Morgan fingerprint density at radius 3 is 2.53 bits per heavy atom. The minimum Gasteiger partial charge on any atom is -0.399 e. The average molecular weight is 319 g/mol. The van der Waals surface area contributed by atoms with E-state index in [4.69, 9.17) is 5.73 Å². The van der Waals surface area contributed by atoms with Gasteiger partial charge < -0.3 is 10.6 Å². The van der Waals surface area contributed by atoms with Gasteiger partial charge in [0.15, 0.2) is 0 Å². The number of aryl methyl sites for hydroxylation is 1. The highest BCUT2D eigenvalue weighted by atomic mass is 79.9. The molecule has 0 saturated carbocycles. The van der Waals surface area contributed by atoms with E-state index in [0.29, 0.717) is 0 Å². The molecule has 2 aromatic carbocycles. The lowest BCUT2D eigenvalue weighted by molar-refractivity contribution is 0.828. The van der Waals surface area contributed by atoms with Crippen molar-refractivity contribution in [3.8, 4) is 0 Å². The minimum atomic E-state index is 0.796. The van der Waals surface area contributed by atoms with Crippen molar-refractivity contribution in [2.24, 2.45) is 0 Å². The molecule has 0 fully saturated rings. The van der Waals surface area contributed by atoms with Crippen molar-refractivity contribution < 1.29 is 0 Å². The van der Waals surface area contributed by atoms with Crippen LogP contribution >= 0.6 is 15.9 Å². The molecular formula is C16H19BrN2. The summed E-state index contributed by atoms with van der Waals surface area (Å²) in [6, 6.07) is 14.5. The monoisotopic (exact) mass is 318 g/mol. The van der Waals surface area contributed by atoms with E-state index in [-0.39, 0.29) is 0 Å². The molecule has 100 valence electrons. The number of halogens is 1. The Balaban J connectivity index is 2.26. The van der Waals surface area contributed by atoms with Crippen LogP contribution in [0.2, 0.25) is 0 Å². The Hall–Kier alpha value is -1.48. The highest BCUT2D eigenvalue weighted by molar-refractivity contribution is 9.10. The Labute approximate surface area is 123 Å². The summed E-state index contributed by atoms with van der Waals surface area (Å²) in [6.07, 6.45) is 0. The van der Waals surface area contributed by atoms with Gasteiger partial charge in [0.1, 0.15) is 0 Å². The van der Waals surface area contributed by atoms with E-state index in [1.165, 1.54) is 16.8 Å². The number of benzene rings is 2. The third kappa shape index (κ3) is 3.51. The molecule has 0 aliphatic heterocycles. The molecule has 0 aliphatic carbocycles. The highest BCUT2D eigenvalue weighted by Crippen LogP contribution is 2.23. The summed E-state index contributed by atoms with van der Waals surface area (Å²) in [6.45, 7) is 6.16. The molecule has 19 heavy (non-hydrogen) atoms. The van der Waals surface area contributed by atoms with Gasteiger partial charge in [-0.25, -0.2) is 0 Å². The second-order valence-corrected chi connectivity index (χ2v) is 5.61. The molecule has 0 radical (unpaired) electrons. The first-order valence-corrected chi connectivity index (χ1v) is 7.25. The highest BCUT2D eigenvalue weighted by Gasteiger charge is 2.08. The summed E-state index contributed by atoms with van der Waals surface area (Å²) in [5.74, 6) is 0. The predicted molar refractivity (Wildman–Crippen MR) is 86.5 cm³/mol. The zero-order valence-electron chi connectivity index (χ0n) is 11.4. The fraction of sp³-hybridized carbons (Fsp3) is 0.250. The SMILES string of the molecule is CCN(Cc1cc(N)cc(Br)c1)c1ccccc1C. The Bertz CT molecular complexity index is 546. The van der Waals surface area contributed by atoms with Gasteiger partial charge in [-0.15, -0.1) is 0 Å². The zero-order chi connectivity index (χ0) is 13.8. The van der Waals surface area contributed by atoms with Crippen LogP contribution in [0.1, 0.15) is 18.1 Å². The van der Waals surface area contributed by atoms with E-state index >= 15 is 0 Å². The molecule has 0 aliphatic rings. The van der Waals surface area contributed by atoms with Crippen LogP contribution in [-0.2, 0) is 6.54 Å². The standard InChI is InChI=1S/C16H19BrN2/c1-3-19(16-7-5-4-6-12(16)2)11-13-8-14(17)10-15(18)9-13/h4-10H,3,11,18H2,1-2H3. The number of rotatable bonds is 4. The molecule has 2 aromatic rings. The van der Waals surface area contributed by atoms with Crippen molar-refractivity contribution in [3.63, 3.8) is 0 Å². The van der Waals surface area contributed by atoms with Gasteiger partial charge in [-0.05, 0) is 49.2 Å². The third-order valence-corrected chi connectivity index (χ3v) is 3.65. The Kier molecular flexibility index (Phi) is 4.48. The van der Waals surface area contributed by atoms with Crippen LogP contribution in [0.4, 0.5) is 11.4 Å². The molecule has 0 amide bonds. The van der Waals surface area contributed by atoms with Crippen LogP contribution in [0.5, 0.6) is 0 Å². The maximum absolute atomic E-state index is 5.90. The van der Waals surface area contributed by atoms with Gasteiger partial charge in [0, 0.05) is 28.9 Å². The van der Waals surface area contributed by atoms with Crippen LogP contribution < -0.4 is 10.6 Å².